The van der Waals surface area contributed by atoms with Crippen LogP contribution in [-0.2, 0) is 11.2 Å². The second kappa shape index (κ2) is 3.57. The summed E-state index contributed by atoms with van der Waals surface area (Å²) in [6.45, 7) is 0. The van der Waals surface area contributed by atoms with Crippen molar-refractivity contribution in [1.82, 2.24) is 14.8 Å². The monoisotopic (exact) mass is 221 g/mol. The van der Waals surface area contributed by atoms with Gasteiger partial charge in [0.05, 0.1) is 6.42 Å². The van der Waals surface area contributed by atoms with Crippen molar-refractivity contribution in [2.45, 2.75) is 50.5 Å². The molecule has 2 aliphatic rings. The lowest BCUT2D eigenvalue weighted by molar-refractivity contribution is -0.138. The highest BCUT2D eigenvalue weighted by Crippen LogP contribution is 2.42. The minimum Gasteiger partial charge on any atom is -0.481 e. The van der Waals surface area contributed by atoms with E-state index in [-0.39, 0.29) is 12.5 Å². The molecule has 1 aromatic rings. The maximum Gasteiger partial charge on any atom is 0.305 e. The SMILES string of the molecule is O=C(O)CC1CCCc2nnc(C3CC3)n21. The number of hydrogen-bond acceptors (Lipinski definition) is 3. The summed E-state index contributed by atoms with van der Waals surface area (Å²) in [7, 11) is 0. The van der Waals surface area contributed by atoms with Crippen molar-refractivity contribution in [3.8, 4) is 0 Å². The number of aliphatic carboxylic acids is 1. The Morgan fingerprint density at radius 2 is 2.19 bits per heavy atom. The molecule has 1 aromatic heterocycles. The van der Waals surface area contributed by atoms with E-state index in [0.29, 0.717) is 5.92 Å². The number of carboxylic acid groups (broad SMARTS) is 1. The molecule has 0 amide bonds. The maximum atomic E-state index is 10.8. The zero-order chi connectivity index (χ0) is 11.1. The van der Waals surface area contributed by atoms with Crippen molar-refractivity contribution in [3.05, 3.63) is 11.6 Å². The Kier molecular flexibility index (Phi) is 2.19. The molecule has 0 aromatic carbocycles. The topological polar surface area (TPSA) is 68.0 Å². The number of aromatic nitrogens is 3. The lowest BCUT2D eigenvalue weighted by Gasteiger charge is -2.24. The molecular formula is C11H15N3O2. The molecule has 0 spiro atoms. The molecule has 0 bridgehead atoms. The van der Waals surface area contributed by atoms with Crippen LogP contribution in [0, 0.1) is 0 Å². The van der Waals surface area contributed by atoms with Crippen LogP contribution in [0.5, 0.6) is 0 Å². The van der Waals surface area contributed by atoms with Crippen LogP contribution < -0.4 is 0 Å². The zero-order valence-electron chi connectivity index (χ0n) is 9.09. The van der Waals surface area contributed by atoms with Gasteiger partial charge in [-0.2, -0.15) is 0 Å². The first kappa shape index (κ1) is 9.81. The Hall–Kier alpha value is -1.39. The van der Waals surface area contributed by atoms with E-state index in [1.54, 1.807) is 0 Å². The van der Waals surface area contributed by atoms with Crippen molar-refractivity contribution in [3.63, 3.8) is 0 Å². The normalized spacial score (nSPS) is 24.1. The molecule has 1 unspecified atom stereocenters. The third-order valence-electron chi connectivity index (χ3n) is 3.45. The average Bonchev–Trinajstić information content (AvgIpc) is 2.98. The molecule has 2 heterocycles. The van der Waals surface area contributed by atoms with Gasteiger partial charge in [-0.3, -0.25) is 4.79 Å². The van der Waals surface area contributed by atoms with Gasteiger partial charge in [0.1, 0.15) is 11.6 Å². The first-order chi connectivity index (χ1) is 7.75. The zero-order valence-corrected chi connectivity index (χ0v) is 9.09. The summed E-state index contributed by atoms with van der Waals surface area (Å²) in [6.07, 6.45) is 5.47. The summed E-state index contributed by atoms with van der Waals surface area (Å²) >= 11 is 0. The lowest BCUT2D eigenvalue weighted by Crippen LogP contribution is -2.22. The highest BCUT2D eigenvalue weighted by Gasteiger charge is 2.34. The highest BCUT2D eigenvalue weighted by atomic mass is 16.4. The molecule has 1 fully saturated rings. The van der Waals surface area contributed by atoms with E-state index < -0.39 is 5.97 Å². The molecule has 0 saturated heterocycles. The van der Waals surface area contributed by atoms with Crippen LogP contribution in [-0.4, -0.2) is 25.8 Å². The summed E-state index contributed by atoms with van der Waals surface area (Å²) in [5.41, 5.74) is 0. The van der Waals surface area contributed by atoms with Gasteiger partial charge in [0.2, 0.25) is 0 Å². The highest BCUT2D eigenvalue weighted by molar-refractivity contribution is 5.67. The van der Waals surface area contributed by atoms with Crippen LogP contribution >= 0.6 is 0 Å². The van der Waals surface area contributed by atoms with E-state index in [0.717, 1.165) is 30.9 Å². The van der Waals surface area contributed by atoms with Crippen LogP contribution in [0.3, 0.4) is 0 Å². The molecule has 1 aliphatic carbocycles. The van der Waals surface area contributed by atoms with Crippen molar-refractivity contribution in [2.24, 2.45) is 0 Å². The molecule has 5 heteroatoms. The lowest BCUT2D eigenvalue weighted by atomic mass is 10.0. The summed E-state index contributed by atoms with van der Waals surface area (Å²) in [4.78, 5) is 10.8. The number of hydrogen-bond donors (Lipinski definition) is 1. The van der Waals surface area contributed by atoms with Gasteiger partial charge < -0.3 is 9.67 Å². The van der Waals surface area contributed by atoms with Gasteiger partial charge in [-0.1, -0.05) is 0 Å². The van der Waals surface area contributed by atoms with Gasteiger partial charge in [0, 0.05) is 18.4 Å². The molecule has 1 aliphatic heterocycles. The smallest absolute Gasteiger partial charge is 0.305 e. The van der Waals surface area contributed by atoms with Gasteiger partial charge >= 0.3 is 5.97 Å². The van der Waals surface area contributed by atoms with Crippen molar-refractivity contribution in [1.29, 1.82) is 0 Å². The standard InChI is InChI=1S/C11H15N3O2/c15-10(16)6-8-2-1-3-9-12-13-11(14(8)9)7-4-5-7/h7-8H,1-6H2,(H,15,16). The van der Waals surface area contributed by atoms with Crippen LogP contribution in [0.25, 0.3) is 0 Å². The third kappa shape index (κ3) is 1.60. The van der Waals surface area contributed by atoms with E-state index in [4.69, 9.17) is 5.11 Å². The third-order valence-corrected chi connectivity index (χ3v) is 3.45. The predicted octanol–water partition coefficient (Wildman–Crippen LogP) is 1.51. The van der Waals surface area contributed by atoms with Crippen molar-refractivity contribution in [2.75, 3.05) is 0 Å². The Balaban J connectivity index is 1.94. The molecule has 5 nitrogen and oxygen atoms in total. The van der Waals surface area contributed by atoms with E-state index >= 15 is 0 Å². The Labute approximate surface area is 93.5 Å². The second-order valence-corrected chi connectivity index (χ2v) is 4.76. The number of nitrogens with zero attached hydrogens (tertiary/aromatic N) is 3. The van der Waals surface area contributed by atoms with Crippen LogP contribution in [0.1, 0.15) is 55.7 Å². The van der Waals surface area contributed by atoms with Crippen LogP contribution in [0.15, 0.2) is 0 Å². The molecule has 3 rings (SSSR count). The van der Waals surface area contributed by atoms with Crippen molar-refractivity contribution < 1.29 is 9.90 Å². The molecular weight excluding hydrogens is 206 g/mol. The van der Waals surface area contributed by atoms with Gasteiger partial charge in [0.15, 0.2) is 0 Å². The van der Waals surface area contributed by atoms with E-state index in [1.807, 2.05) is 0 Å². The maximum absolute atomic E-state index is 10.8. The quantitative estimate of drug-likeness (QED) is 0.840. The van der Waals surface area contributed by atoms with Gasteiger partial charge in [-0.25, -0.2) is 0 Å². The number of carboxylic acids is 1. The minimum absolute atomic E-state index is 0.0758. The van der Waals surface area contributed by atoms with Crippen LogP contribution in [0.4, 0.5) is 0 Å². The summed E-state index contributed by atoms with van der Waals surface area (Å²) < 4.78 is 2.11. The van der Waals surface area contributed by atoms with Crippen LogP contribution in [0.2, 0.25) is 0 Å². The fourth-order valence-corrected chi connectivity index (χ4v) is 2.55. The number of fused-ring (bicyclic) bond motifs is 1. The van der Waals surface area contributed by atoms with E-state index in [9.17, 15) is 4.79 Å². The first-order valence-electron chi connectivity index (χ1n) is 5.91. The molecule has 0 radical (unpaired) electrons. The minimum atomic E-state index is -0.728. The average molecular weight is 221 g/mol. The second-order valence-electron chi connectivity index (χ2n) is 4.76. The summed E-state index contributed by atoms with van der Waals surface area (Å²) in [6, 6.07) is 0.0758. The van der Waals surface area contributed by atoms with E-state index in [1.165, 1.54) is 12.8 Å². The molecule has 16 heavy (non-hydrogen) atoms. The first-order valence-corrected chi connectivity index (χ1v) is 5.91. The van der Waals surface area contributed by atoms with Gasteiger partial charge in [0.25, 0.3) is 0 Å². The number of rotatable bonds is 3. The van der Waals surface area contributed by atoms with Crippen molar-refractivity contribution >= 4 is 5.97 Å². The number of carbonyl (C=O) groups is 1. The molecule has 1 N–H and O–H groups in total. The fourth-order valence-electron chi connectivity index (χ4n) is 2.55. The van der Waals surface area contributed by atoms with Gasteiger partial charge in [-0.15, -0.1) is 10.2 Å². The predicted molar refractivity (Wildman–Crippen MR) is 56.2 cm³/mol. The summed E-state index contributed by atoms with van der Waals surface area (Å²) in [5, 5.41) is 17.4. The molecule has 1 saturated carbocycles. The Morgan fingerprint density at radius 3 is 2.88 bits per heavy atom. The molecule has 86 valence electrons. The molecule has 1 atom stereocenters. The number of aryl methyl sites for hydroxylation is 1. The Morgan fingerprint density at radius 1 is 1.38 bits per heavy atom. The fraction of sp³-hybridized carbons (Fsp3) is 0.727. The van der Waals surface area contributed by atoms with Gasteiger partial charge in [-0.05, 0) is 25.7 Å². The largest absolute Gasteiger partial charge is 0.481 e. The summed E-state index contributed by atoms with van der Waals surface area (Å²) in [5.74, 6) is 1.82. The van der Waals surface area contributed by atoms with E-state index in [2.05, 4.69) is 14.8 Å². The Bertz CT molecular complexity index is 423.